The molecule has 0 aromatic heterocycles. The molecule has 1 aromatic carbocycles. The van der Waals surface area contributed by atoms with E-state index in [0.717, 1.165) is 23.4 Å². The van der Waals surface area contributed by atoms with Crippen molar-refractivity contribution in [3.05, 3.63) is 34.9 Å². The molecule has 0 radical (unpaired) electrons. The number of hydrogen-bond donors (Lipinski definition) is 0. The van der Waals surface area contributed by atoms with E-state index < -0.39 is 0 Å². The van der Waals surface area contributed by atoms with Crippen molar-refractivity contribution in [1.82, 2.24) is 0 Å². The standard InChI is InChI=1S/C15H19ClO/c1-15(9-3-2-4-10-15)14(17)11-12-5-7-13(16)8-6-12/h5-8H,2-4,9-11H2,1H3. The molecule has 1 aliphatic carbocycles. The Kier molecular flexibility index (Phi) is 3.88. The Morgan fingerprint density at radius 2 is 1.76 bits per heavy atom. The highest BCUT2D eigenvalue weighted by Gasteiger charge is 2.33. The normalized spacial score (nSPS) is 18.9. The van der Waals surface area contributed by atoms with Gasteiger partial charge in [-0.3, -0.25) is 4.79 Å². The Morgan fingerprint density at radius 1 is 1.18 bits per heavy atom. The van der Waals surface area contributed by atoms with Crippen LogP contribution in [0.25, 0.3) is 0 Å². The van der Waals surface area contributed by atoms with Crippen molar-refractivity contribution in [1.29, 1.82) is 0 Å². The monoisotopic (exact) mass is 250 g/mol. The second-order valence-electron chi connectivity index (χ2n) is 5.35. The van der Waals surface area contributed by atoms with E-state index in [-0.39, 0.29) is 5.41 Å². The molecular weight excluding hydrogens is 232 g/mol. The van der Waals surface area contributed by atoms with Crippen LogP contribution in [0.4, 0.5) is 0 Å². The first kappa shape index (κ1) is 12.6. The molecule has 0 unspecified atom stereocenters. The molecule has 0 saturated heterocycles. The quantitative estimate of drug-likeness (QED) is 0.776. The van der Waals surface area contributed by atoms with Crippen LogP contribution < -0.4 is 0 Å². The Bertz CT molecular complexity index is 388. The second-order valence-corrected chi connectivity index (χ2v) is 5.78. The molecule has 92 valence electrons. The van der Waals surface area contributed by atoms with Gasteiger partial charge in [-0.15, -0.1) is 0 Å². The van der Waals surface area contributed by atoms with Crippen LogP contribution in [-0.2, 0) is 11.2 Å². The molecule has 1 aromatic rings. The summed E-state index contributed by atoms with van der Waals surface area (Å²) in [5.74, 6) is 0.388. The molecule has 0 atom stereocenters. The van der Waals surface area contributed by atoms with Crippen LogP contribution in [-0.4, -0.2) is 5.78 Å². The van der Waals surface area contributed by atoms with Gasteiger partial charge in [0.05, 0.1) is 0 Å². The SMILES string of the molecule is CC1(C(=O)Cc2ccc(Cl)cc2)CCCCC1. The molecule has 2 heteroatoms. The van der Waals surface area contributed by atoms with Gasteiger partial charge >= 0.3 is 0 Å². The zero-order chi connectivity index (χ0) is 12.3. The van der Waals surface area contributed by atoms with Crippen LogP contribution in [0.15, 0.2) is 24.3 Å². The first-order valence-electron chi connectivity index (χ1n) is 6.38. The average Bonchev–Trinajstić information content (AvgIpc) is 2.33. The van der Waals surface area contributed by atoms with E-state index in [0.29, 0.717) is 12.2 Å². The van der Waals surface area contributed by atoms with Gasteiger partial charge in [-0.2, -0.15) is 0 Å². The first-order valence-corrected chi connectivity index (χ1v) is 6.76. The molecule has 1 nitrogen and oxygen atoms in total. The average molecular weight is 251 g/mol. The largest absolute Gasteiger partial charge is 0.299 e. The summed E-state index contributed by atoms with van der Waals surface area (Å²) in [5, 5.41) is 0.727. The van der Waals surface area contributed by atoms with Crippen molar-refractivity contribution in [2.45, 2.75) is 45.4 Å². The minimum absolute atomic E-state index is 0.0854. The smallest absolute Gasteiger partial charge is 0.143 e. The van der Waals surface area contributed by atoms with Gasteiger partial charge in [0, 0.05) is 16.9 Å². The van der Waals surface area contributed by atoms with E-state index in [1.807, 2.05) is 24.3 Å². The molecule has 0 aliphatic heterocycles. The van der Waals surface area contributed by atoms with Crippen LogP contribution in [0, 0.1) is 5.41 Å². The number of carbonyl (C=O) groups excluding carboxylic acids is 1. The Balaban J connectivity index is 2.03. The number of rotatable bonds is 3. The minimum atomic E-state index is -0.0854. The molecule has 0 heterocycles. The maximum atomic E-state index is 12.3. The summed E-state index contributed by atoms with van der Waals surface area (Å²) in [7, 11) is 0. The molecule has 17 heavy (non-hydrogen) atoms. The maximum Gasteiger partial charge on any atom is 0.143 e. The van der Waals surface area contributed by atoms with Crippen molar-refractivity contribution in [3.63, 3.8) is 0 Å². The molecule has 1 aliphatic rings. The van der Waals surface area contributed by atoms with E-state index in [1.54, 1.807) is 0 Å². The van der Waals surface area contributed by atoms with E-state index in [1.165, 1.54) is 19.3 Å². The van der Waals surface area contributed by atoms with E-state index in [2.05, 4.69) is 6.92 Å². The van der Waals surface area contributed by atoms with Gasteiger partial charge in [0.25, 0.3) is 0 Å². The summed E-state index contributed by atoms with van der Waals surface area (Å²) >= 11 is 5.84. The van der Waals surface area contributed by atoms with Gasteiger partial charge < -0.3 is 0 Å². The number of benzene rings is 1. The number of carbonyl (C=O) groups is 1. The van der Waals surface area contributed by atoms with E-state index in [9.17, 15) is 4.79 Å². The highest BCUT2D eigenvalue weighted by Crippen LogP contribution is 2.37. The number of Topliss-reactive ketones (excluding diaryl/α,β-unsaturated/α-hetero) is 1. The van der Waals surface area contributed by atoms with Crippen LogP contribution in [0.2, 0.25) is 5.02 Å². The van der Waals surface area contributed by atoms with Crippen LogP contribution in [0.3, 0.4) is 0 Å². The van der Waals surface area contributed by atoms with Crippen molar-refractivity contribution in [2.24, 2.45) is 5.41 Å². The van der Waals surface area contributed by atoms with Gasteiger partial charge in [0.2, 0.25) is 0 Å². The lowest BCUT2D eigenvalue weighted by Crippen LogP contribution is -2.31. The molecule has 2 rings (SSSR count). The fraction of sp³-hybridized carbons (Fsp3) is 0.533. The lowest BCUT2D eigenvalue weighted by atomic mass is 9.71. The van der Waals surface area contributed by atoms with Crippen molar-refractivity contribution < 1.29 is 4.79 Å². The fourth-order valence-electron chi connectivity index (χ4n) is 2.61. The van der Waals surface area contributed by atoms with Crippen molar-refractivity contribution in [3.8, 4) is 0 Å². The molecule has 0 amide bonds. The van der Waals surface area contributed by atoms with Crippen molar-refractivity contribution >= 4 is 17.4 Å². The highest BCUT2D eigenvalue weighted by molar-refractivity contribution is 6.30. The maximum absolute atomic E-state index is 12.3. The summed E-state index contributed by atoms with van der Waals surface area (Å²) in [4.78, 5) is 12.3. The first-order chi connectivity index (χ1) is 8.10. The molecule has 0 bridgehead atoms. The van der Waals surface area contributed by atoms with Gasteiger partial charge in [-0.1, -0.05) is 49.9 Å². The third kappa shape index (κ3) is 3.10. The Morgan fingerprint density at radius 3 is 2.35 bits per heavy atom. The molecule has 1 saturated carbocycles. The molecule has 0 spiro atoms. The number of ketones is 1. The van der Waals surface area contributed by atoms with E-state index in [4.69, 9.17) is 11.6 Å². The van der Waals surface area contributed by atoms with E-state index >= 15 is 0 Å². The third-order valence-electron chi connectivity index (χ3n) is 3.91. The fourth-order valence-corrected chi connectivity index (χ4v) is 2.74. The lowest BCUT2D eigenvalue weighted by Gasteiger charge is -2.32. The predicted octanol–water partition coefficient (Wildman–Crippen LogP) is 4.42. The zero-order valence-corrected chi connectivity index (χ0v) is 11.1. The summed E-state index contributed by atoms with van der Waals surface area (Å²) < 4.78 is 0. The van der Waals surface area contributed by atoms with Crippen LogP contribution >= 0.6 is 11.6 Å². The summed E-state index contributed by atoms with van der Waals surface area (Å²) in [6, 6.07) is 7.61. The van der Waals surface area contributed by atoms with Gasteiger partial charge in [-0.05, 0) is 30.5 Å². The Labute approximate surface area is 108 Å². The predicted molar refractivity (Wildman–Crippen MR) is 71.4 cm³/mol. The van der Waals surface area contributed by atoms with Gasteiger partial charge in [0.15, 0.2) is 0 Å². The summed E-state index contributed by atoms with van der Waals surface area (Å²) in [6.45, 7) is 2.13. The summed E-state index contributed by atoms with van der Waals surface area (Å²) in [5.41, 5.74) is 0.990. The molecule has 1 fully saturated rings. The van der Waals surface area contributed by atoms with Crippen LogP contribution in [0.5, 0.6) is 0 Å². The molecular formula is C15H19ClO. The van der Waals surface area contributed by atoms with Gasteiger partial charge in [0.1, 0.15) is 5.78 Å². The highest BCUT2D eigenvalue weighted by atomic mass is 35.5. The summed E-state index contributed by atoms with van der Waals surface area (Å²) in [6.07, 6.45) is 6.34. The number of halogens is 1. The third-order valence-corrected chi connectivity index (χ3v) is 4.16. The lowest BCUT2D eigenvalue weighted by molar-refractivity contribution is -0.128. The molecule has 0 N–H and O–H groups in total. The topological polar surface area (TPSA) is 17.1 Å². The van der Waals surface area contributed by atoms with Gasteiger partial charge in [-0.25, -0.2) is 0 Å². The van der Waals surface area contributed by atoms with Crippen molar-refractivity contribution in [2.75, 3.05) is 0 Å². The van der Waals surface area contributed by atoms with Crippen LogP contribution in [0.1, 0.15) is 44.6 Å². The minimum Gasteiger partial charge on any atom is -0.299 e. The number of hydrogen-bond acceptors (Lipinski definition) is 1. The zero-order valence-electron chi connectivity index (χ0n) is 10.3. The second kappa shape index (κ2) is 5.22. The Hall–Kier alpha value is -0.820.